The number of benzene rings is 1. The molecule has 1 amide bonds. The average Bonchev–Trinajstić information content (AvgIpc) is 3.12. The van der Waals surface area contributed by atoms with Gasteiger partial charge in [0.2, 0.25) is 0 Å². The lowest BCUT2D eigenvalue weighted by Crippen LogP contribution is -2.31. The number of amides is 1. The van der Waals surface area contributed by atoms with Gasteiger partial charge in [-0.25, -0.2) is 4.79 Å². The number of hydrogen-bond donors (Lipinski definition) is 1. The van der Waals surface area contributed by atoms with Crippen LogP contribution in [0.3, 0.4) is 0 Å². The lowest BCUT2D eigenvalue weighted by molar-refractivity contribution is -0.122. The van der Waals surface area contributed by atoms with Gasteiger partial charge in [-0.15, -0.1) is 11.3 Å². The van der Waals surface area contributed by atoms with Crippen molar-refractivity contribution in [2.24, 2.45) is 0 Å². The Kier molecular flexibility index (Phi) is 6.42. The molecule has 0 saturated heterocycles. The molecule has 5 nitrogen and oxygen atoms in total. The van der Waals surface area contributed by atoms with Crippen LogP contribution in [0.5, 0.6) is 5.75 Å². The van der Waals surface area contributed by atoms with Gasteiger partial charge in [-0.2, -0.15) is 0 Å². The summed E-state index contributed by atoms with van der Waals surface area (Å²) in [4.78, 5) is 26.7. The Morgan fingerprint density at radius 2 is 1.80 bits per heavy atom. The summed E-state index contributed by atoms with van der Waals surface area (Å²) in [7, 11) is 0. The molecule has 4 rings (SSSR count). The number of nitrogens with one attached hydrogen (secondary N) is 1. The molecular formula is C24H29NO4S. The van der Waals surface area contributed by atoms with E-state index in [-0.39, 0.29) is 11.9 Å². The predicted octanol–water partition coefficient (Wildman–Crippen LogP) is 5.09. The Morgan fingerprint density at radius 1 is 1.07 bits per heavy atom. The number of anilines is 1. The number of carbonyl (C=O) groups is 2. The first-order chi connectivity index (χ1) is 14.6. The number of carbonyl (C=O) groups excluding carboxylic acids is 2. The first-order valence-electron chi connectivity index (χ1n) is 11.0. The summed E-state index contributed by atoms with van der Waals surface area (Å²) >= 11 is 1.50. The van der Waals surface area contributed by atoms with Gasteiger partial charge in [-0.05, 0) is 88.0 Å². The average molecular weight is 428 g/mol. The summed E-state index contributed by atoms with van der Waals surface area (Å²) in [6.45, 7) is 3.87. The maximum atomic E-state index is 12.9. The van der Waals surface area contributed by atoms with Crippen molar-refractivity contribution in [2.75, 3.05) is 11.9 Å². The van der Waals surface area contributed by atoms with Crippen molar-refractivity contribution in [2.45, 2.75) is 71.3 Å². The fourth-order valence-electron chi connectivity index (χ4n) is 4.39. The summed E-state index contributed by atoms with van der Waals surface area (Å²) in [6, 6.07) is 6.09. The molecule has 2 aliphatic rings. The third-order valence-electron chi connectivity index (χ3n) is 5.91. The normalized spacial score (nSPS) is 16.2. The highest BCUT2D eigenvalue weighted by molar-refractivity contribution is 7.17. The van der Waals surface area contributed by atoms with Crippen LogP contribution in [-0.4, -0.2) is 24.6 Å². The molecule has 1 heterocycles. The molecule has 0 aliphatic heterocycles. The Balaban J connectivity index is 1.53. The van der Waals surface area contributed by atoms with E-state index in [2.05, 4.69) is 11.4 Å². The summed E-state index contributed by atoms with van der Waals surface area (Å²) in [5.74, 6) is 0.205. The van der Waals surface area contributed by atoms with Gasteiger partial charge in [0.05, 0.1) is 12.2 Å². The number of thiophene rings is 1. The van der Waals surface area contributed by atoms with Crippen molar-refractivity contribution in [1.82, 2.24) is 0 Å². The Morgan fingerprint density at radius 3 is 2.60 bits per heavy atom. The van der Waals surface area contributed by atoms with E-state index in [1.54, 1.807) is 13.8 Å². The molecule has 30 heavy (non-hydrogen) atoms. The highest BCUT2D eigenvalue weighted by atomic mass is 32.1. The summed E-state index contributed by atoms with van der Waals surface area (Å²) in [5.41, 5.74) is 4.13. The van der Waals surface area contributed by atoms with Gasteiger partial charge in [0.25, 0.3) is 5.91 Å². The second kappa shape index (κ2) is 9.21. The highest BCUT2D eigenvalue weighted by Gasteiger charge is 2.28. The fraction of sp³-hybridized carbons (Fsp3) is 0.500. The maximum Gasteiger partial charge on any atom is 0.341 e. The zero-order chi connectivity index (χ0) is 21.1. The van der Waals surface area contributed by atoms with Crippen LogP contribution >= 0.6 is 11.3 Å². The molecule has 1 aromatic heterocycles. The van der Waals surface area contributed by atoms with Gasteiger partial charge in [-0.3, -0.25) is 4.79 Å². The molecule has 0 radical (unpaired) electrons. The number of fused-ring (bicyclic) bond motifs is 2. The van der Waals surface area contributed by atoms with Crippen LogP contribution in [-0.2, 0) is 35.2 Å². The summed E-state index contributed by atoms with van der Waals surface area (Å²) < 4.78 is 11.4. The molecular weight excluding hydrogens is 398 g/mol. The Labute approximate surface area is 181 Å². The minimum atomic E-state index is -0.660. The van der Waals surface area contributed by atoms with Gasteiger partial charge >= 0.3 is 5.97 Å². The molecule has 0 bridgehead atoms. The van der Waals surface area contributed by atoms with Crippen molar-refractivity contribution in [3.8, 4) is 5.75 Å². The minimum absolute atomic E-state index is 0.243. The molecule has 160 valence electrons. The summed E-state index contributed by atoms with van der Waals surface area (Å²) in [5, 5.41) is 3.55. The smallest absolute Gasteiger partial charge is 0.341 e. The highest BCUT2D eigenvalue weighted by Crippen LogP contribution is 2.39. The zero-order valence-electron chi connectivity index (χ0n) is 17.7. The Hall–Kier alpha value is -2.34. The van der Waals surface area contributed by atoms with E-state index in [4.69, 9.17) is 9.47 Å². The van der Waals surface area contributed by atoms with Crippen molar-refractivity contribution in [3.63, 3.8) is 0 Å². The van der Waals surface area contributed by atoms with Crippen molar-refractivity contribution < 1.29 is 19.1 Å². The molecule has 1 aromatic carbocycles. The maximum absolute atomic E-state index is 12.9. The molecule has 6 heteroatoms. The summed E-state index contributed by atoms with van der Waals surface area (Å²) in [6.07, 6.45) is 7.73. The van der Waals surface area contributed by atoms with Gasteiger partial charge < -0.3 is 14.8 Å². The van der Waals surface area contributed by atoms with Crippen LogP contribution < -0.4 is 10.1 Å². The van der Waals surface area contributed by atoms with E-state index >= 15 is 0 Å². The molecule has 2 aromatic rings. The number of ether oxygens (including phenoxy) is 2. The van der Waals surface area contributed by atoms with Crippen molar-refractivity contribution in [1.29, 1.82) is 0 Å². The molecule has 1 atom stereocenters. The number of rotatable bonds is 6. The SMILES string of the molecule is CCOC(=O)c1c(NC(=O)[C@@H](C)Oc2cccc3c2CCCC3)sc2c1CCCC2. The van der Waals surface area contributed by atoms with Crippen LogP contribution in [0.4, 0.5) is 5.00 Å². The molecule has 0 spiro atoms. The van der Waals surface area contributed by atoms with Gasteiger partial charge in [0.15, 0.2) is 6.10 Å². The second-order valence-corrected chi connectivity index (χ2v) is 9.09. The Bertz CT molecular complexity index is 949. The topological polar surface area (TPSA) is 64.6 Å². The lowest BCUT2D eigenvalue weighted by Gasteiger charge is -2.22. The predicted molar refractivity (Wildman–Crippen MR) is 119 cm³/mol. The molecule has 1 N–H and O–H groups in total. The lowest BCUT2D eigenvalue weighted by atomic mass is 9.91. The number of hydrogen-bond acceptors (Lipinski definition) is 5. The molecule has 0 fully saturated rings. The number of aryl methyl sites for hydroxylation is 2. The van der Waals surface area contributed by atoms with Crippen molar-refractivity contribution >= 4 is 28.2 Å². The quantitative estimate of drug-likeness (QED) is 0.652. The van der Waals surface area contributed by atoms with E-state index in [0.717, 1.165) is 56.3 Å². The number of esters is 1. The molecule has 0 unspecified atom stereocenters. The monoisotopic (exact) mass is 427 g/mol. The van der Waals surface area contributed by atoms with Crippen molar-refractivity contribution in [3.05, 3.63) is 45.3 Å². The van der Waals surface area contributed by atoms with E-state index in [1.165, 1.54) is 33.8 Å². The largest absolute Gasteiger partial charge is 0.481 e. The third-order valence-corrected chi connectivity index (χ3v) is 7.12. The van der Waals surface area contributed by atoms with Crippen LogP contribution in [0.1, 0.15) is 71.5 Å². The molecule has 2 aliphatic carbocycles. The second-order valence-electron chi connectivity index (χ2n) is 7.99. The fourth-order valence-corrected chi connectivity index (χ4v) is 5.67. The van der Waals surface area contributed by atoms with Crippen LogP contribution in [0.25, 0.3) is 0 Å². The van der Waals surface area contributed by atoms with E-state index in [0.29, 0.717) is 17.2 Å². The van der Waals surface area contributed by atoms with Crippen LogP contribution in [0.15, 0.2) is 18.2 Å². The van der Waals surface area contributed by atoms with E-state index in [1.807, 2.05) is 12.1 Å². The van der Waals surface area contributed by atoms with Gasteiger partial charge in [0, 0.05) is 4.88 Å². The van der Waals surface area contributed by atoms with Crippen LogP contribution in [0.2, 0.25) is 0 Å². The molecule has 0 saturated carbocycles. The zero-order valence-corrected chi connectivity index (χ0v) is 18.5. The van der Waals surface area contributed by atoms with Gasteiger partial charge in [-0.1, -0.05) is 12.1 Å². The third kappa shape index (κ3) is 4.24. The van der Waals surface area contributed by atoms with E-state index in [9.17, 15) is 9.59 Å². The minimum Gasteiger partial charge on any atom is -0.481 e. The van der Waals surface area contributed by atoms with Crippen LogP contribution in [0, 0.1) is 0 Å². The first kappa shape index (κ1) is 20.9. The first-order valence-corrected chi connectivity index (χ1v) is 11.8. The standard InChI is InChI=1S/C24H29NO4S/c1-3-28-24(27)21-18-12-6-7-14-20(18)30-23(21)25-22(26)15(2)29-19-13-8-10-16-9-4-5-11-17(16)19/h8,10,13,15H,3-7,9,11-12,14H2,1-2H3,(H,25,26)/t15-/m1/s1. The van der Waals surface area contributed by atoms with Gasteiger partial charge in [0.1, 0.15) is 10.8 Å². The van der Waals surface area contributed by atoms with E-state index < -0.39 is 6.10 Å².